The summed E-state index contributed by atoms with van der Waals surface area (Å²) in [6, 6.07) is 9.93. The average molecular weight is 283 g/mol. The molecule has 1 aromatic carbocycles. The maximum atomic E-state index is 6.44. The van der Waals surface area contributed by atoms with Crippen molar-refractivity contribution in [1.29, 1.82) is 0 Å². The van der Waals surface area contributed by atoms with Gasteiger partial charge in [0.05, 0.1) is 19.6 Å². The van der Waals surface area contributed by atoms with Gasteiger partial charge in [-0.25, -0.2) is 0 Å². The molecule has 0 N–H and O–H groups in total. The molecule has 0 aliphatic carbocycles. The van der Waals surface area contributed by atoms with Crippen molar-refractivity contribution in [3.05, 3.63) is 46.2 Å². The molecule has 0 radical (unpaired) electrons. The maximum Gasteiger partial charge on any atom is 0.129 e. The second-order valence-corrected chi connectivity index (χ2v) is 5.34. The van der Waals surface area contributed by atoms with Crippen LogP contribution in [0, 0.1) is 0 Å². The van der Waals surface area contributed by atoms with Crippen LogP contribution >= 0.6 is 22.9 Å². The molecule has 0 amide bonds. The van der Waals surface area contributed by atoms with E-state index in [2.05, 4.69) is 0 Å². The number of thiophene rings is 1. The van der Waals surface area contributed by atoms with Gasteiger partial charge >= 0.3 is 0 Å². The van der Waals surface area contributed by atoms with Crippen LogP contribution in [0.25, 0.3) is 0 Å². The van der Waals surface area contributed by atoms with E-state index >= 15 is 0 Å². The van der Waals surface area contributed by atoms with Gasteiger partial charge in [0.2, 0.25) is 0 Å². The first kappa shape index (κ1) is 13.2. The third-order valence-electron chi connectivity index (χ3n) is 2.73. The summed E-state index contributed by atoms with van der Waals surface area (Å²) in [5.41, 5.74) is 1.12. The monoisotopic (exact) mass is 282 g/mol. The zero-order chi connectivity index (χ0) is 13.0. The molecule has 1 atom stereocenters. The predicted octanol–water partition coefficient (Wildman–Crippen LogP) is 4.29. The van der Waals surface area contributed by atoms with Gasteiger partial charge in [0.15, 0.2) is 0 Å². The normalized spacial score (nSPS) is 12.2. The third-order valence-corrected chi connectivity index (χ3v) is 4.28. The molecule has 2 rings (SSSR count). The first-order valence-electron chi connectivity index (χ1n) is 5.63. The molecule has 0 fully saturated rings. The van der Waals surface area contributed by atoms with Crippen LogP contribution in [0.1, 0.15) is 15.8 Å². The molecular formula is C14H15ClO2S. The molecule has 0 bridgehead atoms. The van der Waals surface area contributed by atoms with E-state index in [9.17, 15) is 0 Å². The molecule has 0 saturated heterocycles. The van der Waals surface area contributed by atoms with Gasteiger partial charge in [-0.15, -0.1) is 22.9 Å². The van der Waals surface area contributed by atoms with Crippen molar-refractivity contribution >= 4 is 22.9 Å². The molecule has 96 valence electrons. The fraction of sp³-hybridized carbons (Fsp3) is 0.286. The van der Waals surface area contributed by atoms with Gasteiger partial charge in [0.25, 0.3) is 0 Å². The summed E-state index contributed by atoms with van der Waals surface area (Å²) in [6.07, 6.45) is 0.745. The van der Waals surface area contributed by atoms with Crippen LogP contribution in [0.3, 0.4) is 0 Å². The van der Waals surface area contributed by atoms with Crippen LogP contribution in [0.15, 0.2) is 35.7 Å². The minimum atomic E-state index is -0.0600. The van der Waals surface area contributed by atoms with Crippen molar-refractivity contribution in [2.75, 3.05) is 14.2 Å². The van der Waals surface area contributed by atoms with E-state index in [1.54, 1.807) is 25.6 Å². The highest BCUT2D eigenvalue weighted by atomic mass is 35.5. The second kappa shape index (κ2) is 6.12. The third kappa shape index (κ3) is 2.98. The molecule has 18 heavy (non-hydrogen) atoms. The molecule has 1 heterocycles. The van der Waals surface area contributed by atoms with Gasteiger partial charge in [0.1, 0.15) is 11.5 Å². The van der Waals surface area contributed by atoms with Crippen LogP contribution in [0.4, 0.5) is 0 Å². The van der Waals surface area contributed by atoms with Gasteiger partial charge in [-0.2, -0.15) is 0 Å². The fourth-order valence-electron chi connectivity index (χ4n) is 1.77. The van der Waals surface area contributed by atoms with Gasteiger partial charge in [0, 0.05) is 10.3 Å². The largest absolute Gasteiger partial charge is 0.496 e. The summed E-state index contributed by atoms with van der Waals surface area (Å²) >= 11 is 8.06. The summed E-state index contributed by atoms with van der Waals surface area (Å²) in [5.74, 6) is 1.74. The van der Waals surface area contributed by atoms with E-state index in [0.717, 1.165) is 28.4 Å². The van der Waals surface area contributed by atoms with Gasteiger partial charge in [-0.3, -0.25) is 0 Å². The van der Waals surface area contributed by atoms with E-state index in [1.165, 1.54) is 0 Å². The van der Waals surface area contributed by atoms with Crippen LogP contribution in [0.5, 0.6) is 11.5 Å². The molecule has 0 aliphatic rings. The Morgan fingerprint density at radius 3 is 2.67 bits per heavy atom. The van der Waals surface area contributed by atoms with E-state index in [4.69, 9.17) is 21.1 Å². The molecule has 0 aliphatic heterocycles. The zero-order valence-electron chi connectivity index (χ0n) is 10.4. The lowest BCUT2D eigenvalue weighted by Crippen LogP contribution is -1.97. The Morgan fingerprint density at radius 2 is 2.00 bits per heavy atom. The lowest BCUT2D eigenvalue weighted by atomic mass is 10.1. The quantitative estimate of drug-likeness (QED) is 0.762. The molecule has 2 aromatic rings. The van der Waals surface area contributed by atoms with Crippen molar-refractivity contribution in [3.8, 4) is 11.5 Å². The van der Waals surface area contributed by atoms with Crippen molar-refractivity contribution in [3.63, 3.8) is 0 Å². The number of ether oxygens (including phenoxy) is 2. The fourth-order valence-corrected chi connectivity index (χ4v) is 2.99. The lowest BCUT2D eigenvalue weighted by molar-refractivity contribution is 0.409. The van der Waals surface area contributed by atoms with Crippen molar-refractivity contribution in [1.82, 2.24) is 0 Å². The van der Waals surface area contributed by atoms with E-state index in [-0.39, 0.29) is 5.38 Å². The Labute approximate surface area is 116 Å². The van der Waals surface area contributed by atoms with Crippen molar-refractivity contribution < 1.29 is 9.47 Å². The van der Waals surface area contributed by atoms with E-state index in [1.807, 2.05) is 35.7 Å². The SMILES string of the molecule is COc1csc(C(Cl)Cc2ccccc2OC)c1. The zero-order valence-corrected chi connectivity index (χ0v) is 11.9. The van der Waals surface area contributed by atoms with E-state index in [0.29, 0.717) is 0 Å². The Bertz CT molecular complexity index is 510. The molecule has 1 aromatic heterocycles. The first-order valence-corrected chi connectivity index (χ1v) is 6.94. The molecule has 4 heteroatoms. The van der Waals surface area contributed by atoms with Crippen LogP contribution in [0.2, 0.25) is 0 Å². The summed E-state index contributed by atoms with van der Waals surface area (Å²) in [5, 5.41) is 1.91. The lowest BCUT2D eigenvalue weighted by Gasteiger charge is -2.11. The number of benzene rings is 1. The minimum absolute atomic E-state index is 0.0600. The Kier molecular flexibility index (Phi) is 4.50. The second-order valence-electron chi connectivity index (χ2n) is 3.87. The highest BCUT2D eigenvalue weighted by Gasteiger charge is 2.14. The highest BCUT2D eigenvalue weighted by molar-refractivity contribution is 7.10. The molecular weight excluding hydrogens is 268 g/mol. The summed E-state index contributed by atoms with van der Waals surface area (Å²) in [7, 11) is 3.34. The number of methoxy groups -OCH3 is 2. The van der Waals surface area contributed by atoms with Crippen LogP contribution < -0.4 is 9.47 Å². The standard InChI is InChI=1S/C14H15ClO2S/c1-16-11-8-14(18-9-11)12(15)7-10-5-3-4-6-13(10)17-2/h3-6,8-9,12H,7H2,1-2H3. The summed E-state index contributed by atoms with van der Waals surface area (Å²) in [4.78, 5) is 1.11. The van der Waals surface area contributed by atoms with Gasteiger partial charge in [-0.1, -0.05) is 18.2 Å². The number of rotatable bonds is 5. The molecule has 2 nitrogen and oxygen atoms in total. The maximum absolute atomic E-state index is 6.44. The van der Waals surface area contributed by atoms with Crippen molar-refractivity contribution in [2.45, 2.75) is 11.8 Å². The number of hydrogen-bond donors (Lipinski definition) is 0. The minimum Gasteiger partial charge on any atom is -0.496 e. The average Bonchev–Trinajstić information content (AvgIpc) is 2.88. The topological polar surface area (TPSA) is 18.5 Å². The number of halogens is 1. The predicted molar refractivity (Wildman–Crippen MR) is 76.2 cm³/mol. The van der Waals surface area contributed by atoms with Crippen LogP contribution in [-0.2, 0) is 6.42 Å². The summed E-state index contributed by atoms with van der Waals surface area (Å²) < 4.78 is 10.5. The van der Waals surface area contributed by atoms with Gasteiger partial charge in [-0.05, 0) is 24.1 Å². The Hall–Kier alpha value is -1.19. The number of hydrogen-bond acceptors (Lipinski definition) is 3. The molecule has 0 spiro atoms. The smallest absolute Gasteiger partial charge is 0.129 e. The summed E-state index contributed by atoms with van der Waals surface area (Å²) in [6.45, 7) is 0. The van der Waals surface area contributed by atoms with Gasteiger partial charge < -0.3 is 9.47 Å². The van der Waals surface area contributed by atoms with Crippen molar-refractivity contribution in [2.24, 2.45) is 0 Å². The first-order chi connectivity index (χ1) is 8.74. The Morgan fingerprint density at radius 1 is 1.22 bits per heavy atom. The van der Waals surface area contributed by atoms with E-state index < -0.39 is 0 Å². The Balaban J connectivity index is 2.13. The number of para-hydroxylation sites is 1. The molecule has 1 unspecified atom stereocenters. The van der Waals surface area contributed by atoms with Crippen LogP contribution in [-0.4, -0.2) is 14.2 Å². The molecule has 0 saturated carbocycles. The highest BCUT2D eigenvalue weighted by Crippen LogP contribution is 2.34. The number of alkyl halides is 1.